The molecule has 4 rings (SSSR count). The maximum atomic E-state index is 5.02. The van der Waals surface area contributed by atoms with E-state index >= 15 is 0 Å². The van der Waals surface area contributed by atoms with Gasteiger partial charge in [-0.2, -0.15) is 0 Å². The Morgan fingerprint density at radius 1 is 1.04 bits per heavy atom. The molecule has 24 heavy (non-hydrogen) atoms. The summed E-state index contributed by atoms with van der Waals surface area (Å²) in [6.07, 6.45) is 2.56. The highest BCUT2D eigenvalue weighted by molar-refractivity contribution is 8.00. The van der Waals surface area contributed by atoms with Gasteiger partial charge in [0, 0.05) is 22.7 Å². The van der Waals surface area contributed by atoms with E-state index in [9.17, 15) is 0 Å². The van der Waals surface area contributed by atoms with E-state index in [1.807, 2.05) is 11.8 Å². The number of hydrogen-bond acceptors (Lipinski definition) is 3. The summed E-state index contributed by atoms with van der Waals surface area (Å²) in [6, 6.07) is 21.4. The van der Waals surface area contributed by atoms with E-state index in [2.05, 4.69) is 72.6 Å². The fourth-order valence-corrected chi connectivity index (χ4v) is 4.77. The van der Waals surface area contributed by atoms with Crippen LogP contribution in [-0.2, 0) is 0 Å². The third-order valence-corrected chi connectivity index (χ3v) is 5.89. The van der Waals surface area contributed by atoms with Gasteiger partial charge in [-0.1, -0.05) is 48.5 Å². The number of benzene rings is 2. The Morgan fingerprint density at radius 2 is 1.83 bits per heavy atom. The molecule has 3 aromatic rings. The molecule has 1 saturated heterocycles. The van der Waals surface area contributed by atoms with Crippen molar-refractivity contribution in [2.24, 2.45) is 0 Å². The molecule has 0 radical (unpaired) electrons. The number of likely N-dealkylation sites (tertiary alicyclic amines) is 1. The van der Waals surface area contributed by atoms with E-state index < -0.39 is 0 Å². The van der Waals surface area contributed by atoms with E-state index in [1.54, 1.807) is 0 Å². The van der Waals surface area contributed by atoms with Crippen molar-refractivity contribution >= 4 is 22.7 Å². The molecule has 122 valence electrons. The van der Waals surface area contributed by atoms with Gasteiger partial charge in [0.05, 0.1) is 5.52 Å². The summed E-state index contributed by atoms with van der Waals surface area (Å²) in [6.45, 7) is 2.36. The van der Waals surface area contributed by atoms with Crippen LogP contribution in [0.2, 0.25) is 0 Å². The van der Waals surface area contributed by atoms with Crippen molar-refractivity contribution in [2.75, 3.05) is 20.1 Å². The molecule has 1 aliphatic rings. The van der Waals surface area contributed by atoms with Crippen LogP contribution in [0.15, 0.2) is 65.7 Å². The SMILES string of the molecule is CN1CCC[C@@H](Sc2nc3ccccc3cc2-c2ccccc2)C1. The van der Waals surface area contributed by atoms with Gasteiger partial charge >= 0.3 is 0 Å². The molecule has 0 N–H and O–H groups in total. The molecular formula is C21H22N2S. The Hall–Kier alpha value is -1.84. The lowest BCUT2D eigenvalue weighted by atomic mass is 10.1. The van der Waals surface area contributed by atoms with Gasteiger partial charge in [0.1, 0.15) is 5.03 Å². The van der Waals surface area contributed by atoms with E-state index in [0.29, 0.717) is 5.25 Å². The van der Waals surface area contributed by atoms with Crippen LogP contribution in [0.1, 0.15) is 12.8 Å². The van der Waals surface area contributed by atoms with E-state index in [0.717, 1.165) is 12.1 Å². The largest absolute Gasteiger partial charge is 0.305 e. The number of rotatable bonds is 3. The van der Waals surface area contributed by atoms with Crippen LogP contribution in [0.5, 0.6) is 0 Å². The third-order valence-electron chi connectivity index (χ3n) is 4.63. The number of pyridine rings is 1. The van der Waals surface area contributed by atoms with Gasteiger partial charge < -0.3 is 4.90 Å². The Kier molecular flexibility index (Phi) is 4.54. The summed E-state index contributed by atoms with van der Waals surface area (Å²) < 4.78 is 0. The topological polar surface area (TPSA) is 16.1 Å². The third kappa shape index (κ3) is 3.33. The van der Waals surface area contributed by atoms with Crippen molar-refractivity contribution in [3.63, 3.8) is 0 Å². The predicted molar refractivity (Wildman–Crippen MR) is 104 cm³/mol. The minimum absolute atomic E-state index is 0.625. The molecule has 0 saturated carbocycles. The zero-order valence-electron chi connectivity index (χ0n) is 14.0. The minimum Gasteiger partial charge on any atom is -0.305 e. The second kappa shape index (κ2) is 6.96. The molecule has 0 bridgehead atoms. The van der Waals surface area contributed by atoms with Gasteiger partial charge in [-0.05, 0) is 44.1 Å². The fraction of sp³-hybridized carbons (Fsp3) is 0.286. The molecule has 0 unspecified atom stereocenters. The maximum Gasteiger partial charge on any atom is 0.105 e. The van der Waals surface area contributed by atoms with E-state index in [-0.39, 0.29) is 0 Å². The first-order valence-electron chi connectivity index (χ1n) is 8.60. The second-order valence-corrected chi connectivity index (χ2v) is 7.83. The molecule has 1 aromatic heterocycles. The first kappa shape index (κ1) is 15.7. The van der Waals surface area contributed by atoms with Crippen molar-refractivity contribution in [2.45, 2.75) is 23.1 Å². The molecule has 1 fully saturated rings. The van der Waals surface area contributed by atoms with Crippen LogP contribution >= 0.6 is 11.8 Å². The predicted octanol–water partition coefficient (Wildman–Crippen LogP) is 5.09. The normalized spacial score (nSPS) is 18.8. The van der Waals surface area contributed by atoms with Crippen molar-refractivity contribution in [1.82, 2.24) is 9.88 Å². The summed E-state index contributed by atoms with van der Waals surface area (Å²) in [5, 5.41) is 3.00. The van der Waals surface area contributed by atoms with E-state index in [1.165, 1.54) is 40.9 Å². The Morgan fingerprint density at radius 3 is 2.67 bits per heavy atom. The Bertz CT molecular complexity index is 832. The molecule has 3 heteroatoms. The number of hydrogen-bond donors (Lipinski definition) is 0. The maximum absolute atomic E-state index is 5.02. The zero-order chi connectivity index (χ0) is 16.4. The lowest BCUT2D eigenvalue weighted by Crippen LogP contribution is -2.33. The van der Waals surface area contributed by atoms with Crippen LogP contribution in [0.25, 0.3) is 22.0 Å². The molecule has 0 amide bonds. The lowest BCUT2D eigenvalue weighted by Gasteiger charge is -2.29. The highest BCUT2D eigenvalue weighted by Crippen LogP contribution is 2.36. The molecule has 1 aliphatic heterocycles. The lowest BCUT2D eigenvalue weighted by molar-refractivity contribution is 0.283. The second-order valence-electron chi connectivity index (χ2n) is 6.54. The minimum atomic E-state index is 0.625. The molecule has 2 nitrogen and oxygen atoms in total. The smallest absolute Gasteiger partial charge is 0.105 e. The van der Waals surface area contributed by atoms with Gasteiger partial charge in [-0.3, -0.25) is 0 Å². The molecule has 1 atom stereocenters. The van der Waals surface area contributed by atoms with Crippen LogP contribution in [0.3, 0.4) is 0 Å². The van der Waals surface area contributed by atoms with Crippen molar-refractivity contribution in [3.8, 4) is 11.1 Å². The number of aromatic nitrogens is 1. The first-order chi connectivity index (χ1) is 11.8. The number of piperidine rings is 1. The Balaban J connectivity index is 1.76. The number of para-hydroxylation sites is 1. The molecular weight excluding hydrogens is 312 g/mol. The van der Waals surface area contributed by atoms with Crippen LogP contribution < -0.4 is 0 Å². The van der Waals surface area contributed by atoms with Gasteiger partial charge in [-0.25, -0.2) is 4.98 Å². The Labute approximate surface area is 147 Å². The van der Waals surface area contributed by atoms with Gasteiger partial charge in [-0.15, -0.1) is 11.8 Å². The highest BCUT2D eigenvalue weighted by Gasteiger charge is 2.21. The molecule has 2 heterocycles. The number of thioether (sulfide) groups is 1. The van der Waals surface area contributed by atoms with E-state index in [4.69, 9.17) is 4.98 Å². The highest BCUT2D eigenvalue weighted by atomic mass is 32.2. The van der Waals surface area contributed by atoms with Crippen LogP contribution in [0, 0.1) is 0 Å². The number of nitrogens with zero attached hydrogens (tertiary/aromatic N) is 2. The van der Waals surface area contributed by atoms with Gasteiger partial charge in [0.2, 0.25) is 0 Å². The average Bonchev–Trinajstić information content (AvgIpc) is 2.62. The van der Waals surface area contributed by atoms with Crippen LogP contribution in [-0.4, -0.2) is 35.3 Å². The van der Waals surface area contributed by atoms with Crippen molar-refractivity contribution < 1.29 is 0 Å². The fourth-order valence-electron chi connectivity index (χ4n) is 3.39. The van der Waals surface area contributed by atoms with Crippen LogP contribution in [0.4, 0.5) is 0 Å². The number of fused-ring (bicyclic) bond motifs is 1. The standard InChI is InChI=1S/C21H22N2S/c1-23-13-7-11-18(15-23)24-21-19(16-8-3-2-4-9-16)14-17-10-5-6-12-20(17)22-21/h2-6,8-10,12,14,18H,7,11,13,15H2,1H3/t18-/m1/s1. The molecule has 0 spiro atoms. The first-order valence-corrected chi connectivity index (χ1v) is 9.48. The zero-order valence-corrected chi connectivity index (χ0v) is 14.8. The monoisotopic (exact) mass is 334 g/mol. The summed E-state index contributed by atoms with van der Waals surface area (Å²) in [5.74, 6) is 0. The van der Waals surface area contributed by atoms with Gasteiger partial charge in [0.15, 0.2) is 0 Å². The molecule has 2 aromatic carbocycles. The van der Waals surface area contributed by atoms with Crippen molar-refractivity contribution in [1.29, 1.82) is 0 Å². The summed E-state index contributed by atoms with van der Waals surface area (Å²) >= 11 is 1.95. The quantitative estimate of drug-likeness (QED) is 0.664. The average molecular weight is 334 g/mol. The summed E-state index contributed by atoms with van der Waals surface area (Å²) in [7, 11) is 2.22. The molecule has 0 aliphatic carbocycles. The summed E-state index contributed by atoms with van der Waals surface area (Å²) in [5.41, 5.74) is 3.60. The van der Waals surface area contributed by atoms with Crippen molar-refractivity contribution in [3.05, 3.63) is 60.7 Å². The summed E-state index contributed by atoms with van der Waals surface area (Å²) in [4.78, 5) is 7.45. The van der Waals surface area contributed by atoms with Gasteiger partial charge in [0.25, 0.3) is 0 Å².